The predicted octanol–water partition coefficient (Wildman–Crippen LogP) is 1.80. The molecule has 1 fully saturated rings. The van der Waals surface area contributed by atoms with Gasteiger partial charge >= 0.3 is 11.9 Å². The molecule has 142 valence electrons. The van der Waals surface area contributed by atoms with Crippen molar-refractivity contribution in [3.63, 3.8) is 0 Å². The Labute approximate surface area is 156 Å². The molecule has 8 heteroatoms. The van der Waals surface area contributed by atoms with Crippen LogP contribution in [0.15, 0.2) is 48.6 Å². The fourth-order valence-electron chi connectivity index (χ4n) is 2.00. The molecule has 0 heterocycles. The van der Waals surface area contributed by atoms with Crippen LogP contribution in [0.1, 0.15) is 13.3 Å². The molecule has 27 heavy (non-hydrogen) atoms. The first kappa shape index (κ1) is 19.9. The van der Waals surface area contributed by atoms with E-state index in [0.29, 0.717) is 17.3 Å². The van der Waals surface area contributed by atoms with Gasteiger partial charge in [0.1, 0.15) is 6.10 Å². The van der Waals surface area contributed by atoms with Gasteiger partial charge in [-0.15, -0.1) is 0 Å². The lowest BCUT2D eigenvalue weighted by Crippen LogP contribution is -2.11. The average molecular weight is 372 g/mol. The highest BCUT2D eigenvalue weighted by molar-refractivity contribution is 6.04. The van der Waals surface area contributed by atoms with Crippen molar-refractivity contribution in [2.75, 3.05) is 17.7 Å². The molecule has 1 aromatic carbocycles. The van der Waals surface area contributed by atoms with Crippen LogP contribution >= 0.6 is 0 Å². The van der Waals surface area contributed by atoms with Crippen LogP contribution in [-0.4, -0.2) is 37.0 Å². The van der Waals surface area contributed by atoms with Gasteiger partial charge in [0.2, 0.25) is 11.8 Å². The molecule has 1 aliphatic carbocycles. The number of amides is 2. The largest absolute Gasteiger partial charge is 0.466 e. The minimum absolute atomic E-state index is 0.0459. The minimum atomic E-state index is -0.633. The predicted molar refractivity (Wildman–Crippen MR) is 97.7 cm³/mol. The Balaban J connectivity index is 1.79. The lowest BCUT2D eigenvalue weighted by atomic mass is 10.2. The maximum atomic E-state index is 11.8. The third kappa shape index (κ3) is 7.15. The van der Waals surface area contributed by atoms with Gasteiger partial charge in [-0.1, -0.05) is 6.92 Å². The normalized spacial score (nSPS) is 18.1. The van der Waals surface area contributed by atoms with E-state index >= 15 is 0 Å². The summed E-state index contributed by atoms with van der Waals surface area (Å²) >= 11 is 0. The Morgan fingerprint density at radius 3 is 1.74 bits per heavy atom. The van der Waals surface area contributed by atoms with Crippen molar-refractivity contribution in [2.45, 2.75) is 19.4 Å². The van der Waals surface area contributed by atoms with Crippen molar-refractivity contribution in [3.05, 3.63) is 48.6 Å². The van der Waals surface area contributed by atoms with Gasteiger partial charge in [-0.3, -0.25) is 9.59 Å². The van der Waals surface area contributed by atoms with Gasteiger partial charge in [-0.05, 0) is 36.6 Å². The molecule has 2 rings (SSSR count). The topological polar surface area (TPSA) is 111 Å². The minimum Gasteiger partial charge on any atom is -0.466 e. The molecular weight excluding hydrogens is 352 g/mol. The van der Waals surface area contributed by atoms with Crippen LogP contribution in [0.3, 0.4) is 0 Å². The molecule has 2 atom stereocenters. The third-order valence-corrected chi connectivity index (χ3v) is 3.67. The summed E-state index contributed by atoms with van der Waals surface area (Å²) in [6, 6.07) is 6.31. The number of carbonyl (C=O) groups is 4. The molecule has 2 N–H and O–H groups in total. The number of ether oxygens (including phenoxy) is 2. The molecule has 0 aliphatic heterocycles. The summed E-state index contributed by atoms with van der Waals surface area (Å²) in [6.45, 7) is 1.98. The zero-order valence-electron chi connectivity index (χ0n) is 14.9. The number of hydrogen-bond acceptors (Lipinski definition) is 6. The number of methoxy groups -OCH3 is 1. The van der Waals surface area contributed by atoms with Gasteiger partial charge in [0.25, 0.3) is 0 Å². The summed E-state index contributed by atoms with van der Waals surface area (Å²) in [5.41, 5.74) is 0.960. The zero-order chi connectivity index (χ0) is 19.8. The van der Waals surface area contributed by atoms with Gasteiger partial charge in [0, 0.05) is 35.7 Å². The maximum Gasteiger partial charge on any atom is 0.331 e. The second-order valence-electron chi connectivity index (χ2n) is 5.93. The number of rotatable bonds is 7. The zero-order valence-corrected chi connectivity index (χ0v) is 14.9. The first-order valence-corrected chi connectivity index (χ1v) is 8.24. The Hall–Kier alpha value is -3.42. The Kier molecular flexibility index (Phi) is 6.87. The first-order valence-electron chi connectivity index (χ1n) is 8.24. The van der Waals surface area contributed by atoms with E-state index in [4.69, 9.17) is 4.74 Å². The Morgan fingerprint density at radius 1 is 0.889 bits per heavy atom. The van der Waals surface area contributed by atoms with Crippen LogP contribution in [0.2, 0.25) is 0 Å². The van der Waals surface area contributed by atoms with Crippen LogP contribution in [0.25, 0.3) is 0 Å². The molecule has 0 aromatic heterocycles. The number of hydrogen-bond donors (Lipinski definition) is 2. The van der Waals surface area contributed by atoms with Crippen molar-refractivity contribution >= 4 is 35.1 Å². The van der Waals surface area contributed by atoms with Crippen molar-refractivity contribution in [1.82, 2.24) is 0 Å². The number of benzene rings is 1. The molecule has 0 bridgehead atoms. The van der Waals surface area contributed by atoms with Gasteiger partial charge in [0.15, 0.2) is 0 Å². The summed E-state index contributed by atoms with van der Waals surface area (Å²) in [6.07, 6.45) is 5.05. The molecule has 0 saturated heterocycles. The van der Waals surface area contributed by atoms with Gasteiger partial charge < -0.3 is 20.1 Å². The molecule has 1 saturated carbocycles. The molecular formula is C19H20N2O6. The maximum absolute atomic E-state index is 11.8. The molecule has 1 aliphatic rings. The second kappa shape index (κ2) is 9.33. The van der Waals surface area contributed by atoms with E-state index in [0.717, 1.165) is 30.7 Å². The first-order chi connectivity index (χ1) is 12.9. The van der Waals surface area contributed by atoms with Crippen LogP contribution in [0.4, 0.5) is 11.4 Å². The fraction of sp³-hybridized carbons (Fsp3) is 0.263. The van der Waals surface area contributed by atoms with E-state index < -0.39 is 23.8 Å². The molecule has 0 spiro atoms. The summed E-state index contributed by atoms with van der Waals surface area (Å²) in [5, 5.41) is 5.13. The van der Waals surface area contributed by atoms with Gasteiger partial charge in [0.05, 0.1) is 7.11 Å². The summed E-state index contributed by atoms with van der Waals surface area (Å²) in [7, 11) is 1.21. The number of nitrogens with one attached hydrogen (secondary N) is 2. The molecule has 1 aromatic rings. The number of esters is 2. The van der Waals surface area contributed by atoms with Crippen molar-refractivity contribution < 1.29 is 28.7 Å². The van der Waals surface area contributed by atoms with E-state index in [9.17, 15) is 19.2 Å². The molecule has 0 radical (unpaired) electrons. The van der Waals surface area contributed by atoms with E-state index in [1.165, 1.54) is 7.11 Å². The lowest BCUT2D eigenvalue weighted by molar-refractivity contribution is -0.139. The van der Waals surface area contributed by atoms with Gasteiger partial charge in [-0.25, -0.2) is 9.59 Å². The van der Waals surface area contributed by atoms with E-state index in [1.54, 1.807) is 24.3 Å². The van der Waals surface area contributed by atoms with Crippen molar-refractivity contribution in [1.29, 1.82) is 0 Å². The monoisotopic (exact) mass is 372 g/mol. The van der Waals surface area contributed by atoms with Crippen LogP contribution in [-0.2, 0) is 28.7 Å². The van der Waals surface area contributed by atoms with Crippen LogP contribution in [0, 0.1) is 5.92 Å². The molecule has 2 amide bonds. The Morgan fingerprint density at radius 2 is 1.33 bits per heavy atom. The summed E-state index contributed by atoms with van der Waals surface area (Å²) < 4.78 is 9.47. The van der Waals surface area contributed by atoms with Crippen molar-refractivity contribution in [2.24, 2.45) is 5.92 Å². The average Bonchev–Trinajstić information content (AvgIpc) is 3.34. The number of anilines is 2. The van der Waals surface area contributed by atoms with Crippen LogP contribution in [0.5, 0.6) is 0 Å². The molecule has 2 unspecified atom stereocenters. The molecule has 8 nitrogen and oxygen atoms in total. The van der Waals surface area contributed by atoms with Crippen molar-refractivity contribution in [3.8, 4) is 0 Å². The smallest absolute Gasteiger partial charge is 0.331 e. The van der Waals surface area contributed by atoms with Crippen LogP contribution < -0.4 is 10.6 Å². The highest BCUT2D eigenvalue weighted by atomic mass is 16.5. The SMILES string of the molecule is COC(=O)/C=C\C(=O)Nc1ccc(NC(=O)/C=C\C(=O)OC2CC2C)cc1. The third-order valence-electron chi connectivity index (χ3n) is 3.67. The highest BCUT2D eigenvalue weighted by Crippen LogP contribution is 2.32. The van der Waals surface area contributed by atoms with Gasteiger partial charge in [-0.2, -0.15) is 0 Å². The second-order valence-corrected chi connectivity index (χ2v) is 5.93. The Bertz CT molecular complexity index is 782. The highest BCUT2D eigenvalue weighted by Gasteiger charge is 2.35. The fourth-order valence-corrected chi connectivity index (χ4v) is 2.00. The number of carbonyl (C=O) groups excluding carboxylic acids is 4. The summed E-state index contributed by atoms with van der Waals surface area (Å²) in [5.74, 6) is -1.77. The van der Waals surface area contributed by atoms with E-state index in [-0.39, 0.29) is 6.10 Å². The standard InChI is InChI=1S/C19H20N2O6/c1-12-11-15(12)27-19(25)10-8-17(23)21-14-5-3-13(4-6-14)20-16(22)7-9-18(24)26-2/h3-10,12,15H,11H2,1-2H3,(H,20,22)(H,21,23)/b9-7-,10-8-. The summed E-state index contributed by atoms with van der Waals surface area (Å²) in [4.78, 5) is 45.8. The van der Waals surface area contributed by atoms with E-state index in [1.807, 2.05) is 6.92 Å². The lowest BCUT2D eigenvalue weighted by Gasteiger charge is -2.05. The van der Waals surface area contributed by atoms with E-state index in [2.05, 4.69) is 15.4 Å². The quantitative estimate of drug-likeness (QED) is 0.558.